The van der Waals surface area contributed by atoms with Crippen molar-refractivity contribution in [2.75, 3.05) is 13.1 Å². The summed E-state index contributed by atoms with van der Waals surface area (Å²) in [5.41, 5.74) is 1.78. The van der Waals surface area contributed by atoms with E-state index in [4.69, 9.17) is 4.42 Å². The fourth-order valence-corrected chi connectivity index (χ4v) is 1.75. The van der Waals surface area contributed by atoms with Gasteiger partial charge < -0.3 is 15.1 Å². The molecule has 5 heteroatoms. The van der Waals surface area contributed by atoms with Gasteiger partial charge in [-0.25, -0.2) is 0 Å². The highest BCUT2D eigenvalue weighted by Crippen LogP contribution is 2.20. The number of hydrogen-bond donors (Lipinski definition) is 2. The highest BCUT2D eigenvalue weighted by atomic mass is 16.3. The summed E-state index contributed by atoms with van der Waals surface area (Å²) in [5, 5.41) is 6.19. The van der Waals surface area contributed by atoms with E-state index in [2.05, 4.69) is 10.6 Å². The molecule has 0 fully saturated rings. The molecule has 2 N–H and O–H groups in total. The molecule has 19 heavy (non-hydrogen) atoms. The van der Waals surface area contributed by atoms with Crippen molar-refractivity contribution >= 4 is 22.8 Å². The molecule has 5 nitrogen and oxygen atoms in total. The molecule has 0 spiro atoms. The van der Waals surface area contributed by atoms with Crippen LogP contribution in [-0.4, -0.2) is 24.9 Å². The summed E-state index contributed by atoms with van der Waals surface area (Å²) >= 11 is 0. The highest BCUT2D eigenvalue weighted by Gasteiger charge is 2.11. The molecule has 0 saturated carbocycles. The number of hydrogen-bond acceptors (Lipinski definition) is 3. The molecule has 0 unspecified atom stereocenters. The fraction of sp³-hybridized carbons (Fsp3) is 0.286. The van der Waals surface area contributed by atoms with E-state index in [1.54, 1.807) is 6.07 Å². The average molecular weight is 260 g/mol. The van der Waals surface area contributed by atoms with Gasteiger partial charge >= 0.3 is 0 Å². The number of rotatable bonds is 4. The van der Waals surface area contributed by atoms with Gasteiger partial charge in [-0.1, -0.05) is 12.1 Å². The van der Waals surface area contributed by atoms with E-state index in [1.807, 2.05) is 25.1 Å². The fourth-order valence-electron chi connectivity index (χ4n) is 1.75. The van der Waals surface area contributed by atoms with Crippen LogP contribution in [-0.2, 0) is 4.79 Å². The largest absolute Gasteiger partial charge is 0.451 e. The van der Waals surface area contributed by atoms with Crippen LogP contribution in [0.2, 0.25) is 0 Å². The molecule has 1 aromatic carbocycles. The van der Waals surface area contributed by atoms with Crippen LogP contribution in [0.4, 0.5) is 0 Å². The molecule has 2 amide bonds. The number of furan rings is 1. The van der Waals surface area contributed by atoms with Crippen LogP contribution in [0.5, 0.6) is 0 Å². The average Bonchev–Trinajstić information content (AvgIpc) is 2.77. The van der Waals surface area contributed by atoms with Crippen LogP contribution >= 0.6 is 0 Å². The zero-order valence-electron chi connectivity index (χ0n) is 10.9. The van der Waals surface area contributed by atoms with Crippen molar-refractivity contribution in [2.24, 2.45) is 0 Å². The van der Waals surface area contributed by atoms with Crippen LogP contribution in [0.15, 0.2) is 28.7 Å². The molecule has 0 atom stereocenters. The third-order valence-electron chi connectivity index (χ3n) is 2.68. The van der Waals surface area contributed by atoms with Crippen molar-refractivity contribution in [1.29, 1.82) is 0 Å². The Bertz CT molecular complexity index is 616. The summed E-state index contributed by atoms with van der Waals surface area (Å²) in [7, 11) is 0. The molecular formula is C14H16N2O3. The van der Waals surface area contributed by atoms with Gasteiger partial charge in [0, 0.05) is 25.4 Å². The Hall–Kier alpha value is -2.30. The molecule has 0 aliphatic heterocycles. The minimum atomic E-state index is -0.279. The Morgan fingerprint density at radius 3 is 2.63 bits per heavy atom. The monoisotopic (exact) mass is 260 g/mol. The molecule has 1 heterocycles. The molecule has 0 aliphatic carbocycles. The molecule has 100 valence electrons. The van der Waals surface area contributed by atoms with Crippen LogP contribution in [0, 0.1) is 6.92 Å². The number of carbonyl (C=O) groups is 2. The Morgan fingerprint density at radius 1 is 1.16 bits per heavy atom. The SMILES string of the molecule is CC(=O)NCCNC(=O)c1cc2ccc(C)cc2o1. The lowest BCUT2D eigenvalue weighted by Gasteiger charge is -2.03. The first-order valence-corrected chi connectivity index (χ1v) is 6.09. The maximum absolute atomic E-state index is 11.8. The standard InChI is InChI=1S/C14H16N2O3/c1-9-3-4-11-8-13(19-12(11)7-9)14(18)16-6-5-15-10(2)17/h3-4,7-8H,5-6H2,1-2H3,(H,15,17)(H,16,18). The van der Waals surface area contributed by atoms with Gasteiger partial charge in [0.25, 0.3) is 5.91 Å². The molecule has 2 aromatic rings. The van der Waals surface area contributed by atoms with E-state index in [0.29, 0.717) is 18.7 Å². The predicted molar refractivity (Wildman–Crippen MR) is 72.0 cm³/mol. The quantitative estimate of drug-likeness (QED) is 0.820. The number of nitrogens with one attached hydrogen (secondary N) is 2. The number of carbonyl (C=O) groups excluding carboxylic acids is 2. The second kappa shape index (κ2) is 5.56. The van der Waals surface area contributed by atoms with E-state index >= 15 is 0 Å². The van der Waals surface area contributed by atoms with Crippen molar-refractivity contribution in [1.82, 2.24) is 10.6 Å². The van der Waals surface area contributed by atoms with Crippen molar-refractivity contribution in [3.63, 3.8) is 0 Å². The normalized spacial score (nSPS) is 10.4. The van der Waals surface area contributed by atoms with E-state index in [1.165, 1.54) is 6.92 Å². The summed E-state index contributed by atoms with van der Waals surface area (Å²) in [6.45, 7) is 4.17. The van der Waals surface area contributed by atoms with Crippen molar-refractivity contribution in [3.8, 4) is 0 Å². The summed E-state index contributed by atoms with van der Waals surface area (Å²) in [5.74, 6) is -0.115. The minimum absolute atomic E-state index is 0.117. The maximum atomic E-state index is 11.8. The first-order valence-electron chi connectivity index (χ1n) is 6.09. The van der Waals surface area contributed by atoms with Gasteiger partial charge in [-0.15, -0.1) is 0 Å². The van der Waals surface area contributed by atoms with Gasteiger partial charge in [0.2, 0.25) is 5.91 Å². The molecule has 0 radical (unpaired) electrons. The molecule has 0 bridgehead atoms. The highest BCUT2D eigenvalue weighted by molar-refractivity contribution is 5.96. The number of aryl methyl sites for hydroxylation is 1. The molecule has 0 aliphatic rings. The van der Waals surface area contributed by atoms with Gasteiger partial charge in [-0.3, -0.25) is 9.59 Å². The molecule has 0 saturated heterocycles. The lowest BCUT2D eigenvalue weighted by molar-refractivity contribution is -0.118. The smallest absolute Gasteiger partial charge is 0.287 e. The second-order valence-electron chi connectivity index (χ2n) is 4.39. The van der Waals surface area contributed by atoms with Crippen LogP contribution in [0.25, 0.3) is 11.0 Å². The topological polar surface area (TPSA) is 71.3 Å². The molecule has 1 aromatic heterocycles. The number of benzene rings is 1. The lowest BCUT2D eigenvalue weighted by Crippen LogP contribution is -2.33. The maximum Gasteiger partial charge on any atom is 0.287 e. The number of amides is 2. The van der Waals surface area contributed by atoms with Crippen molar-refractivity contribution < 1.29 is 14.0 Å². The Balaban J connectivity index is 1.99. The van der Waals surface area contributed by atoms with E-state index in [0.717, 1.165) is 10.9 Å². The van der Waals surface area contributed by atoms with Gasteiger partial charge in [0.15, 0.2) is 5.76 Å². The van der Waals surface area contributed by atoms with Crippen LogP contribution in [0.1, 0.15) is 23.0 Å². The third kappa shape index (κ3) is 3.34. The third-order valence-corrected chi connectivity index (χ3v) is 2.68. The summed E-state index contributed by atoms with van der Waals surface area (Å²) in [4.78, 5) is 22.5. The van der Waals surface area contributed by atoms with Crippen molar-refractivity contribution in [2.45, 2.75) is 13.8 Å². The van der Waals surface area contributed by atoms with Crippen LogP contribution in [0.3, 0.4) is 0 Å². The first-order chi connectivity index (χ1) is 9.06. The molecule has 2 rings (SSSR count). The van der Waals surface area contributed by atoms with Gasteiger partial charge in [0.05, 0.1) is 0 Å². The molecular weight excluding hydrogens is 244 g/mol. The van der Waals surface area contributed by atoms with Gasteiger partial charge in [-0.2, -0.15) is 0 Å². The number of fused-ring (bicyclic) bond motifs is 1. The predicted octanol–water partition coefficient (Wildman–Crippen LogP) is 1.61. The first kappa shape index (κ1) is 13.1. The van der Waals surface area contributed by atoms with Crippen molar-refractivity contribution in [3.05, 3.63) is 35.6 Å². The van der Waals surface area contributed by atoms with Crippen LogP contribution < -0.4 is 10.6 Å². The van der Waals surface area contributed by atoms with E-state index < -0.39 is 0 Å². The Kier molecular flexibility index (Phi) is 3.85. The Labute approximate surface area is 111 Å². The van der Waals surface area contributed by atoms with Gasteiger partial charge in [-0.05, 0) is 24.6 Å². The van der Waals surface area contributed by atoms with E-state index in [-0.39, 0.29) is 17.6 Å². The van der Waals surface area contributed by atoms with E-state index in [9.17, 15) is 9.59 Å². The summed E-state index contributed by atoms with van der Waals surface area (Å²) in [6, 6.07) is 7.49. The zero-order chi connectivity index (χ0) is 13.8. The lowest BCUT2D eigenvalue weighted by atomic mass is 10.2. The summed E-state index contributed by atoms with van der Waals surface area (Å²) in [6.07, 6.45) is 0. The zero-order valence-corrected chi connectivity index (χ0v) is 10.9. The van der Waals surface area contributed by atoms with Gasteiger partial charge in [0.1, 0.15) is 5.58 Å². The second-order valence-corrected chi connectivity index (χ2v) is 4.39. The Morgan fingerprint density at radius 2 is 1.89 bits per heavy atom. The minimum Gasteiger partial charge on any atom is -0.451 e. The summed E-state index contributed by atoms with van der Waals surface area (Å²) < 4.78 is 5.49.